The molecule has 0 aliphatic rings. The molecule has 0 aromatic carbocycles. The Hall–Kier alpha value is -1.78. The number of carbonyl (C=O) groups is 1. The van der Waals surface area contributed by atoms with Crippen molar-refractivity contribution in [2.75, 3.05) is 13.2 Å². The number of carbonyl (C=O) groups excluding carboxylic acids is 1. The van der Waals surface area contributed by atoms with Crippen molar-refractivity contribution >= 4 is 5.97 Å². The van der Waals surface area contributed by atoms with Crippen molar-refractivity contribution in [3.8, 4) is 5.75 Å². The Morgan fingerprint density at radius 2 is 2.13 bits per heavy atom. The van der Waals surface area contributed by atoms with Crippen molar-refractivity contribution in [3.05, 3.63) is 28.3 Å². The first-order chi connectivity index (χ1) is 7.19. The Balaban J connectivity index is 3.04. The van der Waals surface area contributed by atoms with E-state index in [9.17, 15) is 9.59 Å². The molecule has 0 bridgehead atoms. The Morgan fingerprint density at radius 1 is 1.40 bits per heavy atom. The highest BCUT2D eigenvalue weighted by molar-refractivity contribution is 5.91. The van der Waals surface area contributed by atoms with Gasteiger partial charge in [0.05, 0.1) is 19.3 Å². The average Bonchev–Trinajstić information content (AvgIpc) is 2.18. The zero-order chi connectivity index (χ0) is 11.3. The minimum atomic E-state index is -0.565. The highest BCUT2D eigenvalue weighted by Crippen LogP contribution is 2.16. The van der Waals surface area contributed by atoms with Crippen LogP contribution >= 0.6 is 0 Å². The fourth-order valence-corrected chi connectivity index (χ4v) is 1.03. The van der Waals surface area contributed by atoms with Gasteiger partial charge in [-0.25, -0.2) is 9.59 Å². The van der Waals surface area contributed by atoms with E-state index in [1.807, 2.05) is 0 Å². The van der Waals surface area contributed by atoms with Gasteiger partial charge in [-0.15, -0.1) is 0 Å². The number of rotatable bonds is 4. The summed E-state index contributed by atoms with van der Waals surface area (Å²) < 4.78 is 14.5. The Labute approximate surface area is 86.6 Å². The van der Waals surface area contributed by atoms with Gasteiger partial charge in [-0.3, -0.25) is 0 Å². The third-order valence-corrected chi connectivity index (χ3v) is 1.60. The lowest BCUT2D eigenvalue weighted by molar-refractivity contribution is 0.0518. The molecular formula is C10H12O5. The summed E-state index contributed by atoms with van der Waals surface area (Å²) in [5.41, 5.74) is -0.440. The normalized spacial score (nSPS) is 9.73. The van der Waals surface area contributed by atoms with Gasteiger partial charge in [0.25, 0.3) is 0 Å². The molecule has 0 N–H and O–H groups in total. The predicted octanol–water partition coefficient (Wildman–Crippen LogP) is 1.22. The van der Waals surface area contributed by atoms with E-state index in [1.165, 1.54) is 0 Å². The Morgan fingerprint density at radius 3 is 2.73 bits per heavy atom. The first-order valence-electron chi connectivity index (χ1n) is 4.61. The fourth-order valence-electron chi connectivity index (χ4n) is 1.03. The summed E-state index contributed by atoms with van der Waals surface area (Å²) in [5.74, 6) is -0.378. The Kier molecular flexibility index (Phi) is 3.91. The van der Waals surface area contributed by atoms with Crippen LogP contribution < -0.4 is 10.4 Å². The summed E-state index contributed by atoms with van der Waals surface area (Å²) in [6.07, 6.45) is 1.05. The lowest BCUT2D eigenvalue weighted by Crippen LogP contribution is -2.10. The van der Waals surface area contributed by atoms with Crippen LogP contribution in [0.3, 0.4) is 0 Å². The van der Waals surface area contributed by atoms with Crippen LogP contribution in [0, 0.1) is 0 Å². The molecule has 1 aromatic heterocycles. The molecule has 0 amide bonds. The number of hydrogen-bond donors (Lipinski definition) is 0. The van der Waals surface area contributed by atoms with Crippen LogP contribution in [-0.4, -0.2) is 19.2 Å². The smallest absolute Gasteiger partial charge is 0.345 e. The van der Waals surface area contributed by atoms with Crippen molar-refractivity contribution in [1.29, 1.82) is 0 Å². The summed E-state index contributed by atoms with van der Waals surface area (Å²) >= 11 is 0. The van der Waals surface area contributed by atoms with Crippen molar-refractivity contribution in [2.24, 2.45) is 0 Å². The number of ether oxygens (including phenoxy) is 2. The van der Waals surface area contributed by atoms with Gasteiger partial charge in [0, 0.05) is 0 Å². The van der Waals surface area contributed by atoms with Crippen LogP contribution in [0.25, 0.3) is 0 Å². The van der Waals surface area contributed by atoms with Crippen LogP contribution in [0.15, 0.2) is 21.5 Å². The second-order valence-electron chi connectivity index (χ2n) is 2.63. The second-order valence-corrected chi connectivity index (χ2v) is 2.63. The van der Waals surface area contributed by atoms with Crippen molar-refractivity contribution < 1.29 is 18.7 Å². The highest BCUT2D eigenvalue weighted by Gasteiger charge is 2.15. The molecule has 0 aliphatic heterocycles. The first-order valence-corrected chi connectivity index (χ1v) is 4.61. The van der Waals surface area contributed by atoms with Crippen molar-refractivity contribution in [1.82, 2.24) is 0 Å². The maximum absolute atomic E-state index is 11.4. The zero-order valence-corrected chi connectivity index (χ0v) is 8.61. The summed E-state index contributed by atoms with van der Waals surface area (Å²) in [5, 5.41) is 0. The molecule has 0 fully saturated rings. The third kappa shape index (κ3) is 2.83. The molecule has 15 heavy (non-hydrogen) atoms. The highest BCUT2D eigenvalue weighted by atomic mass is 16.5. The van der Waals surface area contributed by atoms with Crippen LogP contribution in [0.4, 0.5) is 0 Å². The topological polar surface area (TPSA) is 65.7 Å². The molecule has 0 aliphatic carbocycles. The summed E-state index contributed by atoms with van der Waals surface area (Å²) in [7, 11) is 0. The lowest BCUT2D eigenvalue weighted by atomic mass is 10.3. The van der Waals surface area contributed by atoms with Gasteiger partial charge < -0.3 is 13.9 Å². The average molecular weight is 212 g/mol. The molecule has 5 heteroatoms. The molecule has 1 aromatic rings. The van der Waals surface area contributed by atoms with E-state index in [0.717, 1.165) is 12.3 Å². The first kappa shape index (κ1) is 11.3. The van der Waals surface area contributed by atoms with E-state index in [2.05, 4.69) is 4.42 Å². The van der Waals surface area contributed by atoms with Crippen LogP contribution in [0.5, 0.6) is 5.75 Å². The van der Waals surface area contributed by atoms with E-state index in [0.29, 0.717) is 6.61 Å². The van der Waals surface area contributed by atoms with E-state index >= 15 is 0 Å². The maximum atomic E-state index is 11.4. The molecule has 0 spiro atoms. The second kappa shape index (κ2) is 5.19. The third-order valence-electron chi connectivity index (χ3n) is 1.60. The molecule has 0 radical (unpaired) electrons. The largest absolute Gasteiger partial charge is 0.493 e. The van der Waals surface area contributed by atoms with Gasteiger partial charge in [-0.05, 0) is 13.8 Å². The molecule has 0 unspecified atom stereocenters. The number of esters is 1. The van der Waals surface area contributed by atoms with Gasteiger partial charge in [-0.2, -0.15) is 0 Å². The summed E-state index contributed by atoms with van der Waals surface area (Å²) in [6, 6.07) is 1.12. The SMILES string of the molecule is CCOC(=O)c1coc(=O)cc1OCC. The zero-order valence-electron chi connectivity index (χ0n) is 8.61. The van der Waals surface area contributed by atoms with Gasteiger partial charge in [0.1, 0.15) is 17.6 Å². The molecule has 1 rings (SSSR count). The van der Waals surface area contributed by atoms with Crippen LogP contribution in [0.2, 0.25) is 0 Å². The van der Waals surface area contributed by atoms with E-state index in [1.54, 1.807) is 13.8 Å². The number of hydrogen-bond acceptors (Lipinski definition) is 5. The van der Waals surface area contributed by atoms with Gasteiger partial charge in [-0.1, -0.05) is 0 Å². The molecule has 0 atom stereocenters. The van der Waals surface area contributed by atoms with Crippen molar-refractivity contribution in [2.45, 2.75) is 13.8 Å². The maximum Gasteiger partial charge on any atom is 0.345 e. The summed E-state index contributed by atoms with van der Waals surface area (Å²) in [4.78, 5) is 22.3. The molecule has 1 heterocycles. The molecule has 0 saturated heterocycles. The van der Waals surface area contributed by atoms with E-state index < -0.39 is 11.6 Å². The summed E-state index contributed by atoms with van der Waals surface area (Å²) in [6.45, 7) is 4.06. The molecule has 0 saturated carbocycles. The monoisotopic (exact) mass is 212 g/mol. The van der Waals surface area contributed by atoms with Crippen LogP contribution in [-0.2, 0) is 4.74 Å². The fraction of sp³-hybridized carbons (Fsp3) is 0.400. The quantitative estimate of drug-likeness (QED) is 0.702. The lowest BCUT2D eigenvalue weighted by Gasteiger charge is -2.07. The van der Waals surface area contributed by atoms with Crippen molar-refractivity contribution in [3.63, 3.8) is 0 Å². The van der Waals surface area contributed by atoms with Gasteiger partial charge in [0.15, 0.2) is 0 Å². The van der Waals surface area contributed by atoms with Gasteiger partial charge in [0.2, 0.25) is 0 Å². The molecule has 82 valence electrons. The Bertz CT molecular complexity index is 393. The molecule has 5 nitrogen and oxygen atoms in total. The standard InChI is InChI=1S/C10H12O5/c1-3-13-8-5-9(11)15-6-7(8)10(12)14-4-2/h5-6H,3-4H2,1-2H3. The minimum absolute atomic E-state index is 0.123. The van der Waals surface area contributed by atoms with Gasteiger partial charge >= 0.3 is 11.6 Å². The molecular weight excluding hydrogens is 200 g/mol. The van der Waals surface area contributed by atoms with Crippen LogP contribution in [0.1, 0.15) is 24.2 Å². The van der Waals surface area contributed by atoms with E-state index in [-0.39, 0.29) is 17.9 Å². The van der Waals surface area contributed by atoms with E-state index in [4.69, 9.17) is 9.47 Å². The minimum Gasteiger partial charge on any atom is -0.493 e. The predicted molar refractivity (Wildman–Crippen MR) is 52.1 cm³/mol.